The van der Waals surface area contributed by atoms with Crippen LogP contribution in [0.15, 0.2) is 18.2 Å². The van der Waals surface area contributed by atoms with Crippen LogP contribution in [0.3, 0.4) is 0 Å². The highest BCUT2D eigenvalue weighted by Gasteiger charge is 2.10. The molecular weight excluding hydrogens is 196 g/mol. The average Bonchev–Trinajstić information content (AvgIpc) is 2.35. The molecule has 1 aromatic carbocycles. The summed E-state index contributed by atoms with van der Waals surface area (Å²) in [6.45, 7) is 1.82. The predicted octanol–water partition coefficient (Wildman–Crippen LogP) is 2.35. The summed E-state index contributed by atoms with van der Waals surface area (Å²) in [5.74, 6) is 0. The average molecular weight is 218 g/mol. The number of hydrogen-bond donors (Lipinski definition) is 1. The van der Waals surface area contributed by atoms with Gasteiger partial charge in [-0.05, 0) is 61.9 Å². The second-order valence-electron chi connectivity index (χ2n) is 4.72. The molecule has 0 bridgehead atoms. The maximum atomic E-state index is 5.54. The molecule has 0 aliphatic heterocycles. The molecule has 2 heteroatoms. The summed E-state index contributed by atoms with van der Waals surface area (Å²) >= 11 is 0. The SMILES string of the molecule is CN(CCCN)c1ccc2c(c1)CCCC2. The van der Waals surface area contributed by atoms with E-state index in [1.54, 1.807) is 11.1 Å². The Kier molecular flexibility index (Phi) is 3.83. The summed E-state index contributed by atoms with van der Waals surface area (Å²) in [7, 11) is 2.15. The minimum atomic E-state index is 0.773. The smallest absolute Gasteiger partial charge is 0.0366 e. The molecule has 2 rings (SSSR count). The van der Waals surface area contributed by atoms with E-state index in [9.17, 15) is 0 Å². The summed E-state index contributed by atoms with van der Waals surface area (Å²) in [6, 6.07) is 6.93. The maximum absolute atomic E-state index is 5.54. The van der Waals surface area contributed by atoms with E-state index in [1.807, 2.05) is 0 Å². The highest BCUT2D eigenvalue weighted by molar-refractivity contribution is 5.51. The number of anilines is 1. The molecule has 0 saturated carbocycles. The van der Waals surface area contributed by atoms with Crippen LogP contribution in [0.5, 0.6) is 0 Å². The van der Waals surface area contributed by atoms with E-state index in [0.29, 0.717) is 0 Å². The van der Waals surface area contributed by atoms with E-state index in [-0.39, 0.29) is 0 Å². The first-order valence-electron chi connectivity index (χ1n) is 6.34. The Morgan fingerprint density at radius 2 is 1.94 bits per heavy atom. The van der Waals surface area contributed by atoms with Crippen molar-refractivity contribution in [2.75, 3.05) is 25.0 Å². The van der Waals surface area contributed by atoms with Crippen LogP contribution in [0, 0.1) is 0 Å². The summed E-state index contributed by atoms with van der Waals surface area (Å²) in [6.07, 6.45) is 6.29. The van der Waals surface area contributed by atoms with Crippen molar-refractivity contribution >= 4 is 5.69 Å². The molecule has 2 N–H and O–H groups in total. The summed E-state index contributed by atoms with van der Waals surface area (Å²) in [4.78, 5) is 2.31. The molecule has 0 amide bonds. The highest BCUT2D eigenvalue weighted by Crippen LogP contribution is 2.25. The van der Waals surface area contributed by atoms with Gasteiger partial charge in [0, 0.05) is 19.3 Å². The van der Waals surface area contributed by atoms with Crippen molar-refractivity contribution in [3.05, 3.63) is 29.3 Å². The third kappa shape index (κ3) is 2.56. The first-order valence-corrected chi connectivity index (χ1v) is 6.34. The zero-order valence-electron chi connectivity index (χ0n) is 10.2. The van der Waals surface area contributed by atoms with Crippen molar-refractivity contribution in [3.63, 3.8) is 0 Å². The Hall–Kier alpha value is -1.02. The third-order valence-electron chi connectivity index (χ3n) is 3.47. The van der Waals surface area contributed by atoms with Crippen LogP contribution in [-0.4, -0.2) is 20.1 Å². The lowest BCUT2D eigenvalue weighted by molar-refractivity contribution is 0.684. The Balaban J connectivity index is 2.10. The molecule has 0 unspecified atom stereocenters. The fraction of sp³-hybridized carbons (Fsp3) is 0.571. The lowest BCUT2D eigenvalue weighted by Gasteiger charge is -2.22. The van der Waals surface area contributed by atoms with Gasteiger partial charge in [-0.1, -0.05) is 6.07 Å². The minimum Gasteiger partial charge on any atom is -0.375 e. The van der Waals surface area contributed by atoms with Gasteiger partial charge in [-0.15, -0.1) is 0 Å². The van der Waals surface area contributed by atoms with E-state index in [2.05, 4.69) is 30.1 Å². The van der Waals surface area contributed by atoms with Crippen LogP contribution in [0.4, 0.5) is 5.69 Å². The third-order valence-corrected chi connectivity index (χ3v) is 3.47. The Labute approximate surface area is 98.4 Å². The molecule has 0 fully saturated rings. The topological polar surface area (TPSA) is 29.3 Å². The van der Waals surface area contributed by atoms with E-state index >= 15 is 0 Å². The van der Waals surface area contributed by atoms with Crippen LogP contribution in [0.2, 0.25) is 0 Å². The summed E-state index contributed by atoms with van der Waals surface area (Å²) < 4.78 is 0. The van der Waals surface area contributed by atoms with Gasteiger partial charge in [0.2, 0.25) is 0 Å². The lowest BCUT2D eigenvalue weighted by Crippen LogP contribution is -2.21. The molecule has 0 radical (unpaired) electrons. The molecule has 88 valence electrons. The highest BCUT2D eigenvalue weighted by atomic mass is 15.1. The van der Waals surface area contributed by atoms with Gasteiger partial charge in [-0.25, -0.2) is 0 Å². The van der Waals surface area contributed by atoms with Crippen molar-refractivity contribution in [2.45, 2.75) is 32.1 Å². The Bertz CT molecular complexity index is 347. The van der Waals surface area contributed by atoms with Crippen LogP contribution < -0.4 is 10.6 Å². The zero-order valence-corrected chi connectivity index (χ0v) is 10.2. The van der Waals surface area contributed by atoms with Gasteiger partial charge in [0.25, 0.3) is 0 Å². The first kappa shape index (κ1) is 11.5. The van der Waals surface area contributed by atoms with Gasteiger partial charge in [0.05, 0.1) is 0 Å². The fourth-order valence-electron chi connectivity index (χ4n) is 2.41. The Morgan fingerprint density at radius 1 is 1.19 bits per heavy atom. The molecule has 2 nitrogen and oxygen atoms in total. The molecule has 1 aliphatic carbocycles. The zero-order chi connectivity index (χ0) is 11.4. The second kappa shape index (κ2) is 5.35. The number of rotatable bonds is 4. The van der Waals surface area contributed by atoms with E-state index < -0.39 is 0 Å². The minimum absolute atomic E-state index is 0.773. The van der Waals surface area contributed by atoms with Gasteiger partial charge < -0.3 is 10.6 Å². The van der Waals surface area contributed by atoms with Crippen molar-refractivity contribution in [1.82, 2.24) is 0 Å². The van der Waals surface area contributed by atoms with Crippen LogP contribution in [0.1, 0.15) is 30.4 Å². The molecule has 0 saturated heterocycles. The van der Waals surface area contributed by atoms with Gasteiger partial charge in [0.15, 0.2) is 0 Å². The molecule has 0 atom stereocenters. The predicted molar refractivity (Wildman–Crippen MR) is 70.0 cm³/mol. The van der Waals surface area contributed by atoms with Crippen LogP contribution in [-0.2, 0) is 12.8 Å². The quantitative estimate of drug-likeness (QED) is 0.840. The van der Waals surface area contributed by atoms with E-state index in [4.69, 9.17) is 5.73 Å². The van der Waals surface area contributed by atoms with Crippen molar-refractivity contribution in [2.24, 2.45) is 5.73 Å². The Morgan fingerprint density at radius 3 is 2.69 bits per heavy atom. The number of hydrogen-bond acceptors (Lipinski definition) is 2. The number of nitrogens with zero attached hydrogens (tertiary/aromatic N) is 1. The van der Waals surface area contributed by atoms with Gasteiger partial charge in [-0.3, -0.25) is 0 Å². The van der Waals surface area contributed by atoms with Crippen molar-refractivity contribution in [3.8, 4) is 0 Å². The lowest BCUT2D eigenvalue weighted by atomic mass is 9.91. The van der Waals surface area contributed by atoms with Gasteiger partial charge in [0.1, 0.15) is 0 Å². The maximum Gasteiger partial charge on any atom is 0.0366 e. The van der Waals surface area contributed by atoms with Crippen molar-refractivity contribution in [1.29, 1.82) is 0 Å². The standard InChI is InChI=1S/C14H22N2/c1-16(10-4-9-15)14-8-7-12-5-2-3-6-13(12)11-14/h7-8,11H,2-6,9-10,15H2,1H3. The fourth-order valence-corrected chi connectivity index (χ4v) is 2.41. The molecule has 1 aliphatic rings. The van der Waals surface area contributed by atoms with Gasteiger partial charge >= 0.3 is 0 Å². The summed E-state index contributed by atoms with van der Waals surface area (Å²) in [5, 5.41) is 0. The number of aryl methyl sites for hydroxylation is 2. The number of fused-ring (bicyclic) bond motifs is 1. The molecule has 0 spiro atoms. The monoisotopic (exact) mass is 218 g/mol. The molecule has 1 aromatic rings. The molecule has 0 heterocycles. The molecule has 16 heavy (non-hydrogen) atoms. The van der Waals surface area contributed by atoms with Crippen molar-refractivity contribution < 1.29 is 0 Å². The van der Waals surface area contributed by atoms with Gasteiger partial charge in [-0.2, -0.15) is 0 Å². The molecular formula is C14H22N2. The summed E-state index contributed by atoms with van der Waals surface area (Å²) in [5.41, 5.74) is 10.00. The number of benzene rings is 1. The second-order valence-corrected chi connectivity index (χ2v) is 4.72. The normalized spacial score (nSPS) is 14.6. The van der Waals surface area contributed by atoms with E-state index in [1.165, 1.54) is 31.4 Å². The van der Waals surface area contributed by atoms with E-state index in [0.717, 1.165) is 19.5 Å². The molecule has 0 aromatic heterocycles. The number of nitrogens with two attached hydrogens (primary N) is 1. The largest absolute Gasteiger partial charge is 0.375 e. The van der Waals surface area contributed by atoms with Crippen LogP contribution in [0.25, 0.3) is 0 Å². The first-order chi connectivity index (χ1) is 7.81. The van der Waals surface area contributed by atoms with Crippen LogP contribution >= 0.6 is 0 Å².